The number of hydrogen-bond acceptors (Lipinski definition) is 4. The zero-order valence-corrected chi connectivity index (χ0v) is 15.1. The Bertz CT molecular complexity index is 571. The minimum absolute atomic E-state index is 0.0330. The second-order valence-corrected chi connectivity index (χ2v) is 7.49. The van der Waals surface area contributed by atoms with Gasteiger partial charge in [-0.2, -0.15) is 5.10 Å². The van der Waals surface area contributed by atoms with E-state index in [1.165, 1.54) is 5.56 Å². The molecule has 3 rings (SSSR count). The molecule has 2 amide bonds. The van der Waals surface area contributed by atoms with E-state index in [1.54, 1.807) is 19.0 Å². The molecule has 0 unspecified atom stereocenters. The summed E-state index contributed by atoms with van der Waals surface area (Å²) in [5.41, 5.74) is 1.25. The summed E-state index contributed by atoms with van der Waals surface area (Å²) >= 11 is 0. The van der Waals surface area contributed by atoms with Crippen molar-refractivity contribution < 1.29 is 9.53 Å². The topological polar surface area (TPSA) is 62.6 Å². The quantitative estimate of drug-likeness (QED) is 0.878. The molecule has 7 nitrogen and oxygen atoms in total. The number of likely N-dealkylation sites (tertiary alicyclic amines) is 1. The summed E-state index contributed by atoms with van der Waals surface area (Å²) in [7, 11) is 3.52. The number of ether oxygens (including phenoxy) is 1. The zero-order valence-electron chi connectivity index (χ0n) is 15.1. The van der Waals surface area contributed by atoms with E-state index in [2.05, 4.69) is 35.4 Å². The number of nitrogens with zero attached hydrogens (tertiary/aromatic N) is 4. The van der Waals surface area contributed by atoms with Gasteiger partial charge in [0.25, 0.3) is 0 Å². The van der Waals surface area contributed by atoms with Crippen LogP contribution in [0.5, 0.6) is 0 Å². The Balaban J connectivity index is 1.51. The maximum atomic E-state index is 11.7. The monoisotopic (exact) mass is 335 g/mol. The third-order valence-corrected chi connectivity index (χ3v) is 5.03. The predicted molar refractivity (Wildman–Crippen MR) is 91.7 cm³/mol. The van der Waals surface area contributed by atoms with E-state index >= 15 is 0 Å². The zero-order chi connectivity index (χ0) is 17.3. The first kappa shape index (κ1) is 17.2. The number of carbonyl (C=O) groups is 1. The number of urea groups is 1. The molecule has 24 heavy (non-hydrogen) atoms. The second kappa shape index (κ2) is 7.11. The average Bonchev–Trinajstić information content (AvgIpc) is 3.21. The Hall–Kier alpha value is -1.60. The van der Waals surface area contributed by atoms with Gasteiger partial charge in [-0.05, 0) is 13.8 Å². The minimum Gasteiger partial charge on any atom is -0.376 e. The predicted octanol–water partition coefficient (Wildman–Crippen LogP) is 1.18. The van der Waals surface area contributed by atoms with Crippen molar-refractivity contribution in [1.29, 1.82) is 0 Å². The Labute approximate surface area is 143 Å². The molecule has 3 heterocycles. The van der Waals surface area contributed by atoms with E-state index in [1.807, 2.05) is 10.9 Å². The highest BCUT2D eigenvalue weighted by Gasteiger charge is 2.43. The van der Waals surface area contributed by atoms with E-state index in [-0.39, 0.29) is 6.03 Å². The molecule has 134 valence electrons. The lowest BCUT2D eigenvalue weighted by molar-refractivity contribution is 0.0940. The van der Waals surface area contributed by atoms with Crippen molar-refractivity contribution in [3.8, 4) is 0 Å². The van der Waals surface area contributed by atoms with Gasteiger partial charge in [-0.1, -0.05) is 0 Å². The fraction of sp³-hybridized carbons (Fsp3) is 0.765. The third-order valence-electron chi connectivity index (χ3n) is 5.03. The molecular weight excluding hydrogens is 306 g/mol. The normalized spacial score (nSPS) is 26.8. The van der Waals surface area contributed by atoms with Gasteiger partial charge >= 0.3 is 6.03 Å². The second-order valence-electron chi connectivity index (χ2n) is 7.49. The Morgan fingerprint density at radius 1 is 1.46 bits per heavy atom. The first-order chi connectivity index (χ1) is 11.4. The van der Waals surface area contributed by atoms with E-state index in [9.17, 15) is 4.79 Å². The molecule has 2 aliphatic rings. The molecule has 7 heteroatoms. The molecule has 2 aliphatic heterocycles. The Morgan fingerprint density at radius 2 is 2.25 bits per heavy atom. The maximum Gasteiger partial charge on any atom is 0.316 e. The lowest BCUT2D eigenvalue weighted by Crippen LogP contribution is -2.39. The van der Waals surface area contributed by atoms with Gasteiger partial charge in [0.05, 0.1) is 18.9 Å². The van der Waals surface area contributed by atoms with Crippen LogP contribution in [0.2, 0.25) is 0 Å². The number of rotatable bonds is 5. The Morgan fingerprint density at radius 3 is 2.92 bits per heavy atom. The summed E-state index contributed by atoms with van der Waals surface area (Å²) in [6.07, 6.45) is 4.39. The summed E-state index contributed by atoms with van der Waals surface area (Å²) in [6, 6.07) is 0.360. The molecule has 1 aromatic heterocycles. The van der Waals surface area contributed by atoms with Crippen molar-refractivity contribution in [3.63, 3.8) is 0 Å². The van der Waals surface area contributed by atoms with Crippen LogP contribution in [-0.2, 0) is 11.3 Å². The summed E-state index contributed by atoms with van der Waals surface area (Å²) in [4.78, 5) is 15.7. The van der Waals surface area contributed by atoms with Crippen molar-refractivity contribution in [2.75, 3.05) is 40.3 Å². The van der Waals surface area contributed by atoms with Crippen LogP contribution in [0, 0.1) is 11.8 Å². The van der Waals surface area contributed by atoms with Crippen LogP contribution in [0.3, 0.4) is 0 Å². The Kier molecular flexibility index (Phi) is 5.10. The summed E-state index contributed by atoms with van der Waals surface area (Å²) < 4.78 is 7.97. The van der Waals surface area contributed by atoms with Crippen LogP contribution in [0.1, 0.15) is 25.5 Å². The number of carbonyl (C=O) groups excluding carboxylic acids is 1. The van der Waals surface area contributed by atoms with Crippen molar-refractivity contribution in [1.82, 2.24) is 24.9 Å². The van der Waals surface area contributed by atoms with Crippen LogP contribution >= 0.6 is 0 Å². The number of nitrogens with one attached hydrogen (secondary N) is 1. The van der Waals surface area contributed by atoms with Gasteiger partial charge in [-0.15, -0.1) is 0 Å². The summed E-state index contributed by atoms with van der Waals surface area (Å²) in [5.74, 6) is 0.912. The smallest absolute Gasteiger partial charge is 0.316 e. The van der Waals surface area contributed by atoms with Gasteiger partial charge in [-0.25, -0.2) is 4.79 Å². The molecule has 0 radical (unpaired) electrons. The highest BCUT2D eigenvalue weighted by Crippen LogP contribution is 2.34. The van der Waals surface area contributed by atoms with Crippen LogP contribution in [0.4, 0.5) is 4.79 Å². The molecule has 1 aromatic rings. The fourth-order valence-electron chi connectivity index (χ4n) is 3.60. The molecule has 3 atom stereocenters. The van der Waals surface area contributed by atoms with E-state index in [4.69, 9.17) is 4.74 Å². The highest BCUT2D eigenvalue weighted by atomic mass is 16.5. The van der Waals surface area contributed by atoms with Crippen molar-refractivity contribution in [3.05, 3.63) is 18.0 Å². The maximum absolute atomic E-state index is 11.7. The molecule has 0 saturated carbocycles. The molecule has 0 aliphatic carbocycles. The molecule has 0 bridgehead atoms. The first-order valence-electron chi connectivity index (χ1n) is 8.76. The van der Waals surface area contributed by atoms with Gasteiger partial charge in [-0.3, -0.25) is 9.58 Å². The molecule has 0 spiro atoms. The lowest BCUT2D eigenvalue weighted by atomic mass is 9.93. The SMILES string of the molecule is CC(C)n1cc(CN2C[C@H]3[C@H](CNC(=O)N(C)C)CO[C@H]3C2)cn1. The molecular formula is C17H29N5O2. The van der Waals surface area contributed by atoms with E-state index in [0.717, 1.165) is 26.2 Å². The highest BCUT2D eigenvalue weighted by molar-refractivity contribution is 5.73. The van der Waals surface area contributed by atoms with E-state index in [0.29, 0.717) is 30.5 Å². The summed E-state index contributed by atoms with van der Waals surface area (Å²) in [5, 5.41) is 7.41. The molecule has 0 aromatic carbocycles. The first-order valence-corrected chi connectivity index (χ1v) is 8.76. The van der Waals surface area contributed by atoms with Crippen molar-refractivity contribution in [2.45, 2.75) is 32.5 Å². The van der Waals surface area contributed by atoms with Gasteiger partial charge in [0.1, 0.15) is 0 Å². The van der Waals surface area contributed by atoms with Gasteiger partial charge < -0.3 is 15.0 Å². The number of aromatic nitrogens is 2. The van der Waals surface area contributed by atoms with Crippen LogP contribution in [0.25, 0.3) is 0 Å². The van der Waals surface area contributed by atoms with Crippen LogP contribution in [0.15, 0.2) is 12.4 Å². The van der Waals surface area contributed by atoms with Crippen LogP contribution < -0.4 is 5.32 Å². The van der Waals surface area contributed by atoms with Gasteiger partial charge in [0.2, 0.25) is 0 Å². The number of amides is 2. The molecule has 1 N–H and O–H groups in total. The van der Waals surface area contributed by atoms with E-state index < -0.39 is 0 Å². The fourth-order valence-corrected chi connectivity index (χ4v) is 3.60. The number of fused-ring (bicyclic) bond motifs is 1. The average molecular weight is 335 g/mol. The van der Waals surface area contributed by atoms with Crippen LogP contribution in [-0.4, -0.2) is 72.1 Å². The van der Waals surface area contributed by atoms with Gasteiger partial charge in [0, 0.05) is 69.9 Å². The van der Waals surface area contributed by atoms with Gasteiger partial charge in [0.15, 0.2) is 0 Å². The number of hydrogen-bond donors (Lipinski definition) is 1. The standard InChI is InChI=1S/C17H29N5O2/c1-12(2)22-8-13(5-19-22)7-21-9-15-14(11-24-16(15)10-21)6-18-17(23)20(3)4/h5,8,12,14-16H,6-7,9-11H2,1-4H3,(H,18,23)/t14-,15+,16+/m1/s1. The largest absolute Gasteiger partial charge is 0.376 e. The minimum atomic E-state index is -0.0330. The third kappa shape index (κ3) is 3.72. The lowest BCUT2D eigenvalue weighted by Gasteiger charge is -2.20. The molecule has 2 saturated heterocycles. The molecule has 2 fully saturated rings. The van der Waals surface area contributed by atoms with Crippen molar-refractivity contribution >= 4 is 6.03 Å². The van der Waals surface area contributed by atoms with Crippen molar-refractivity contribution in [2.24, 2.45) is 11.8 Å². The summed E-state index contributed by atoms with van der Waals surface area (Å²) in [6.45, 7) is 8.63.